The quantitative estimate of drug-likeness (QED) is 0.372. The van der Waals surface area contributed by atoms with E-state index in [0.717, 1.165) is 16.9 Å². The van der Waals surface area contributed by atoms with Crippen LogP contribution in [0.3, 0.4) is 0 Å². The van der Waals surface area contributed by atoms with Gasteiger partial charge in [0.15, 0.2) is 0 Å². The number of nitrogens with one attached hydrogen (secondary N) is 2. The summed E-state index contributed by atoms with van der Waals surface area (Å²) in [6.45, 7) is 6.51. The fourth-order valence-electron chi connectivity index (χ4n) is 3.56. The first-order valence-corrected chi connectivity index (χ1v) is 10.2. The molecule has 0 aliphatic heterocycles. The van der Waals surface area contributed by atoms with E-state index in [2.05, 4.69) is 86.0 Å². The molecule has 4 aromatic rings. The van der Waals surface area contributed by atoms with Crippen LogP contribution in [0.1, 0.15) is 26.3 Å². The Balaban J connectivity index is 1.45. The van der Waals surface area contributed by atoms with Gasteiger partial charge in [-0.1, -0.05) is 87.5 Å². The average Bonchev–Trinajstić information content (AvgIpc) is 2.74. The number of benzene rings is 4. The number of hydrogen-bond acceptors (Lipinski definition) is 1. The Kier molecular flexibility index (Phi) is 5.28. The molecule has 0 saturated heterocycles. The summed E-state index contributed by atoms with van der Waals surface area (Å²) in [6, 6.07) is 30.3. The number of carbonyl (C=O) groups excluding carboxylic acids is 1. The zero-order chi connectivity index (χ0) is 21.1. The van der Waals surface area contributed by atoms with Crippen molar-refractivity contribution in [3.63, 3.8) is 0 Å². The van der Waals surface area contributed by atoms with Crippen molar-refractivity contribution in [3.8, 4) is 11.1 Å². The number of rotatable bonds is 3. The zero-order valence-corrected chi connectivity index (χ0v) is 17.6. The second-order valence-electron chi connectivity index (χ2n) is 8.51. The molecule has 2 N–H and O–H groups in total. The zero-order valence-electron chi connectivity index (χ0n) is 17.6. The molecule has 2 amide bonds. The molecule has 0 aromatic heterocycles. The van der Waals surface area contributed by atoms with E-state index < -0.39 is 0 Å². The fraction of sp³-hybridized carbons (Fsp3) is 0.148. The Bertz CT molecular complexity index is 1160. The third kappa shape index (κ3) is 4.36. The van der Waals surface area contributed by atoms with Crippen molar-refractivity contribution < 1.29 is 4.79 Å². The number of carbonyl (C=O) groups is 1. The SMILES string of the molecule is CC(C)(C)c1ccc(NC(=O)Nc2ccc(-c3cccc4ccccc34)cc2)cc1. The third-order valence-corrected chi connectivity index (χ3v) is 5.25. The Hall–Kier alpha value is -3.59. The highest BCUT2D eigenvalue weighted by Gasteiger charge is 2.13. The number of amides is 2. The maximum atomic E-state index is 12.4. The lowest BCUT2D eigenvalue weighted by molar-refractivity contribution is 0.262. The molecule has 3 nitrogen and oxygen atoms in total. The summed E-state index contributed by atoms with van der Waals surface area (Å²) in [4.78, 5) is 12.4. The average molecular weight is 395 g/mol. The lowest BCUT2D eigenvalue weighted by Crippen LogP contribution is -2.19. The molecule has 150 valence electrons. The van der Waals surface area contributed by atoms with E-state index in [0.29, 0.717) is 0 Å². The van der Waals surface area contributed by atoms with Crippen LogP contribution in [-0.2, 0) is 5.41 Å². The van der Waals surface area contributed by atoms with Crippen molar-refractivity contribution in [2.24, 2.45) is 0 Å². The highest BCUT2D eigenvalue weighted by atomic mass is 16.2. The smallest absolute Gasteiger partial charge is 0.308 e. The van der Waals surface area contributed by atoms with Gasteiger partial charge < -0.3 is 10.6 Å². The number of anilines is 2. The van der Waals surface area contributed by atoms with Gasteiger partial charge in [0.25, 0.3) is 0 Å². The minimum atomic E-state index is -0.253. The first kappa shape index (κ1) is 19.7. The summed E-state index contributed by atoms with van der Waals surface area (Å²) in [6.07, 6.45) is 0. The van der Waals surface area contributed by atoms with Crippen LogP contribution in [0.15, 0.2) is 91.0 Å². The van der Waals surface area contributed by atoms with Gasteiger partial charge in [-0.3, -0.25) is 0 Å². The maximum Gasteiger partial charge on any atom is 0.323 e. The Morgan fingerprint density at radius 1 is 0.667 bits per heavy atom. The van der Waals surface area contributed by atoms with Gasteiger partial charge in [-0.15, -0.1) is 0 Å². The van der Waals surface area contributed by atoms with Crippen LogP contribution >= 0.6 is 0 Å². The van der Waals surface area contributed by atoms with E-state index in [9.17, 15) is 4.79 Å². The van der Waals surface area contributed by atoms with E-state index in [4.69, 9.17) is 0 Å². The van der Waals surface area contributed by atoms with Gasteiger partial charge in [0.2, 0.25) is 0 Å². The van der Waals surface area contributed by atoms with Crippen LogP contribution < -0.4 is 10.6 Å². The largest absolute Gasteiger partial charge is 0.323 e. The van der Waals surface area contributed by atoms with Gasteiger partial charge in [0.05, 0.1) is 0 Å². The molecule has 30 heavy (non-hydrogen) atoms. The molecule has 0 radical (unpaired) electrons. The summed E-state index contributed by atoms with van der Waals surface area (Å²) in [5.74, 6) is 0. The van der Waals surface area contributed by atoms with Gasteiger partial charge in [-0.25, -0.2) is 4.79 Å². The molecule has 0 fully saturated rings. The number of hydrogen-bond donors (Lipinski definition) is 2. The van der Waals surface area contributed by atoms with Crippen LogP contribution in [0.5, 0.6) is 0 Å². The number of urea groups is 1. The first-order chi connectivity index (χ1) is 14.4. The molecular formula is C27H26N2O. The second kappa shape index (κ2) is 8.03. The molecule has 4 aromatic carbocycles. The Morgan fingerprint density at radius 2 is 1.23 bits per heavy atom. The van der Waals surface area contributed by atoms with Crippen molar-refractivity contribution in [2.75, 3.05) is 10.6 Å². The molecular weight excluding hydrogens is 368 g/mol. The normalized spacial score (nSPS) is 11.3. The monoisotopic (exact) mass is 394 g/mol. The molecule has 0 aliphatic carbocycles. The van der Waals surface area contributed by atoms with Crippen molar-refractivity contribution in [3.05, 3.63) is 96.6 Å². The summed E-state index contributed by atoms with van der Waals surface area (Å²) in [5, 5.41) is 8.23. The van der Waals surface area contributed by atoms with E-state index in [1.165, 1.54) is 21.9 Å². The Morgan fingerprint density at radius 3 is 1.87 bits per heavy atom. The van der Waals surface area contributed by atoms with Crippen LogP contribution in [-0.4, -0.2) is 6.03 Å². The van der Waals surface area contributed by atoms with Crippen LogP contribution in [0.4, 0.5) is 16.2 Å². The third-order valence-electron chi connectivity index (χ3n) is 5.25. The standard InChI is InChI=1S/C27H26N2O/c1-27(2,3)21-13-17-23(18-14-21)29-26(30)28-22-15-11-20(12-16-22)25-10-6-8-19-7-4-5-9-24(19)25/h4-18H,1-3H3,(H2,28,29,30). The topological polar surface area (TPSA) is 41.1 Å². The molecule has 3 heteroatoms. The molecule has 0 aliphatic rings. The number of fused-ring (bicyclic) bond motifs is 1. The van der Waals surface area contributed by atoms with E-state index in [1.54, 1.807) is 0 Å². The van der Waals surface area contributed by atoms with Gasteiger partial charge in [-0.05, 0) is 57.1 Å². The van der Waals surface area contributed by atoms with E-state index >= 15 is 0 Å². The lowest BCUT2D eigenvalue weighted by Gasteiger charge is -2.19. The summed E-state index contributed by atoms with van der Waals surface area (Å²) < 4.78 is 0. The minimum Gasteiger partial charge on any atom is -0.308 e. The molecule has 0 atom stereocenters. The predicted octanol–water partition coefficient (Wildman–Crippen LogP) is 7.45. The van der Waals surface area contributed by atoms with Gasteiger partial charge >= 0.3 is 6.03 Å². The first-order valence-electron chi connectivity index (χ1n) is 10.2. The van der Waals surface area contributed by atoms with Gasteiger partial charge in [0.1, 0.15) is 0 Å². The lowest BCUT2D eigenvalue weighted by atomic mass is 9.87. The summed E-state index contributed by atoms with van der Waals surface area (Å²) in [5.41, 5.74) is 5.15. The molecule has 0 heterocycles. The van der Waals surface area contributed by atoms with Crippen molar-refractivity contribution in [2.45, 2.75) is 26.2 Å². The van der Waals surface area contributed by atoms with E-state index in [-0.39, 0.29) is 11.4 Å². The predicted molar refractivity (Wildman–Crippen MR) is 127 cm³/mol. The second-order valence-corrected chi connectivity index (χ2v) is 8.51. The highest BCUT2D eigenvalue weighted by molar-refractivity contribution is 6.00. The maximum absolute atomic E-state index is 12.4. The Labute approximate surface area is 177 Å². The van der Waals surface area contributed by atoms with Gasteiger partial charge in [0, 0.05) is 11.4 Å². The van der Waals surface area contributed by atoms with Crippen LogP contribution in [0, 0.1) is 0 Å². The molecule has 0 saturated carbocycles. The van der Waals surface area contributed by atoms with Gasteiger partial charge in [-0.2, -0.15) is 0 Å². The highest BCUT2D eigenvalue weighted by Crippen LogP contribution is 2.29. The minimum absolute atomic E-state index is 0.0899. The molecule has 0 bridgehead atoms. The summed E-state index contributed by atoms with van der Waals surface area (Å²) >= 11 is 0. The summed E-state index contributed by atoms with van der Waals surface area (Å²) in [7, 11) is 0. The molecule has 4 rings (SSSR count). The van der Waals surface area contributed by atoms with Crippen molar-refractivity contribution in [1.29, 1.82) is 0 Å². The molecule has 0 unspecified atom stereocenters. The van der Waals surface area contributed by atoms with E-state index in [1.807, 2.05) is 36.4 Å². The van der Waals surface area contributed by atoms with Crippen LogP contribution in [0.25, 0.3) is 21.9 Å². The van der Waals surface area contributed by atoms with Crippen LogP contribution in [0.2, 0.25) is 0 Å². The molecule has 0 spiro atoms. The van der Waals surface area contributed by atoms with Crippen molar-refractivity contribution >= 4 is 28.2 Å². The van der Waals surface area contributed by atoms with Crippen molar-refractivity contribution in [1.82, 2.24) is 0 Å². The fourth-order valence-corrected chi connectivity index (χ4v) is 3.56.